The number of fused-ring (bicyclic) bond motifs is 1. The predicted octanol–water partition coefficient (Wildman–Crippen LogP) is 2.81. The Hall–Kier alpha value is -1.90. The van der Waals surface area contributed by atoms with Crippen LogP contribution in [0.2, 0.25) is 0 Å². The van der Waals surface area contributed by atoms with Crippen LogP contribution in [0.25, 0.3) is 10.9 Å². The molecule has 0 fully saturated rings. The van der Waals surface area contributed by atoms with Crippen molar-refractivity contribution in [2.75, 3.05) is 0 Å². The van der Waals surface area contributed by atoms with E-state index in [4.69, 9.17) is 5.11 Å². The molecule has 2 aromatic rings. The quantitative estimate of drug-likeness (QED) is 0.856. The van der Waals surface area contributed by atoms with Gasteiger partial charge in [0, 0.05) is 11.6 Å². The summed E-state index contributed by atoms with van der Waals surface area (Å²) in [5, 5.41) is 9.80. The molecule has 0 saturated heterocycles. The van der Waals surface area contributed by atoms with E-state index in [1.54, 1.807) is 6.20 Å². The number of pyridine rings is 1. The zero-order valence-electron chi connectivity index (χ0n) is 9.05. The largest absolute Gasteiger partial charge is 0.481 e. The van der Waals surface area contributed by atoms with Gasteiger partial charge in [-0.05, 0) is 29.7 Å². The molecule has 0 saturated carbocycles. The number of aliphatic carboxylic acids is 1. The molecule has 0 radical (unpaired) electrons. The van der Waals surface area contributed by atoms with E-state index in [2.05, 4.69) is 4.98 Å². The van der Waals surface area contributed by atoms with Crippen molar-refractivity contribution in [1.82, 2.24) is 4.98 Å². The third kappa shape index (κ3) is 2.19. The van der Waals surface area contributed by atoms with Crippen LogP contribution in [0.5, 0.6) is 0 Å². The van der Waals surface area contributed by atoms with E-state index < -0.39 is 5.97 Å². The third-order valence-corrected chi connectivity index (χ3v) is 2.68. The standard InChI is InChI=1S/C13H13NO2/c1-9(7-13(15)16)10-4-5-12-11(8-10)3-2-6-14-12/h2-6,8-9H,7H2,1H3,(H,15,16). The molecule has 0 bridgehead atoms. The Kier molecular flexibility index (Phi) is 2.86. The molecule has 0 aliphatic carbocycles. The fourth-order valence-electron chi connectivity index (χ4n) is 1.78. The number of hydrogen-bond donors (Lipinski definition) is 1. The number of nitrogens with zero attached hydrogens (tertiary/aromatic N) is 1. The highest BCUT2D eigenvalue weighted by molar-refractivity contribution is 5.79. The van der Waals surface area contributed by atoms with Crippen molar-refractivity contribution in [2.24, 2.45) is 0 Å². The van der Waals surface area contributed by atoms with E-state index in [-0.39, 0.29) is 12.3 Å². The summed E-state index contributed by atoms with van der Waals surface area (Å²) in [5.41, 5.74) is 1.98. The second-order valence-corrected chi connectivity index (χ2v) is 3.95. The monoisotopic (exact) mass is 215 g/mol. The van der Waals surface area contributed by atoms with E-state index >= 15 is 0 Å². The number of benzene rings is 1. The van der Waals surface area contributed by atoms with Gasteiger partial charge in [-0.1, -0.05) is 19.1 Å². The van der Waals surface area contributed by atoms with Crippen LogP contribution < -0.4 is 0 Å². The first-order valence-electron chi connectivity index (χ1n) is 5.23. The molecule has 1 heterocycles. The van der Waals surface area contributed by atoms with Crippen LogP contribution in [0.4, 0.5) is 0 Å². The van der Waals surface area contributed by atoms with Crippen LogP contribution in [0.3, 0.4) is 0 Å². The van der Waals surface area contributed by atoms with Gasteiger partial charge in [-0.25, -0.2) is 0 Å². The Balaban J connectivity index is 2.35. The minimum Gasteiger partial charge on any atom is -0.481 e. The molecule has 82 valence electrons. The Morgan fingerprint density at radius 1 is 1.44 bits per heavy atom. The number of carbonyl (C=O) groups is 1. The molecule has 0 amide bonds. The summed E-state index contributed by atoms with van der Waals surface area (Å²) in [6.07, 6.45) is 1.91. The molecule has 3 nitrogen and oxygen atoms in total. The third-order valence-electron chi connectivity index (χ3n) is 2.68. The first-order chi connectivity index (χ1) is 7.66. The SMILES string of the molecule is CC(CC(=O)O)c1ccc2ncccc2c1. The van der Waals surface area contributed by atoms with Crippen molar-refractivity contribution in [1.29, 1.82) is 0 Å². The first kappa shape index (κ1) is 10.6. The lowest BCUT2D eigenvalue weighted by atomic mass is 9.96. The molecule has 1 aromatic carbocycles. The summed E-state index contributed by atoms with van der Waals surface area (Å²) >= 11 is 0. The molecule has 0 aliphatic rings. The average molecular weight is 215 g/mol. The number of carboxylic acid groups (broad SMARTS) is 1. The van der Waals surface area contributed by atoms with Gasteiger partial charge in [0.25, 0.3) is 0 Å². The van der Waals surface area contributed by atoms with Gasteiger partial charge in [0.15, 0.2) is 0 Å². The van der Waals surface area contributed by atoms with Crippen LogP contribution >= 0.6 is 0 Å². The number of hydrogen-bond acceptors (Lipinski definition) is 2. The summed E-state index contributed by atoms with van der Waals surface area (Å²) in [7, 11) is 0. The van der Waals surface area contributed by atoms with Gasteiger partial charge in [-0.15, -0.1) is 0 Å². The first-order valence-corrected chi connectivity index (χ1v) is 5.23. The maximum atomic E-state index is 10.6. The van der Waals surface area contributed by atoms with Crippen molar-refractivity contribution in [3.8, 4) is 0 Å². The molecule has 0 aliphatic heterocycles. The Labute approximate surface area is 93.7 Å². The van der Waals surface area contributed by atoms with E-state index in [1.165, 1.54) is 0 Å². The van der Waals surface area contributed by atoms with Gasteiger partial charge in [0.1, 0.15) is 0 Å². The lowest BCUT2D eigenvalue weighted by Gasteiger charge is -2.09. The zero-order chi connectivity index (χ0) is 11.5. The van der Waals surface area contributed by atoms with Crippen LogP contribution in [0, 0.1) is 0 Å². The van der Waals surface area contributed by atoms with Crippen molar-refractivity contribution in [2.45, 2.75) is 19.3 Å². The molecule has 0 spiro atoms. The summed E-state index contributed by atoms with van der Waals surface area (Å²) in [6.45, 7) is 1.92. The van der Waals surface area contributed by atoms with Gasteiger partial charge < -0.3 is 5.11 Å². The van der Waals surface area contributed by atoms with Gasteiger partial charge in [-0.2, -0.15) is 0 Å². The van der Waals surface area contributed by atoms with E-state index in [9.17, 15) is 4.79 Å². The highest BCUT2D eigenvalue weighted by Gasteiger charge is 2.10. The number of aromatic nitrogens is 1. The Morgan fingerprint density at radius 3 is 3.00 bits per heavy atom. The lowest BCUT2D eigenvalue weighted by molar-refractivity contribution is -0.137. The van der Waals surface area contributed by atoms with Crippen molar-refractivity contribution >= 4 is 16.9 Å². The van der Waals surface area contributed by atoms with E-state index in [0.717, 1.165) is 16.5 Å². The number of rotatable bonds is 3. The van der Waals surface area contributed by atoms with Crippen molar-refractivity contribution in [3.05, 3.63) is 42.1 Å². The minimum atomic E-state index is -0.765. The molecule has 1 atom stereocenters. The molecular formula is C13H13NO2. The maximum Gasteiger partial charge on any atom is 0.303 e. The highest BCUT2D eigenvalue weighted by atomic mass is 16.4. The molecule has 3 heteroatoms. The summed E-state index contributed by atoms with van der Waals surface area (Å²) in [6, 6.07) is 9.76. The second-order valence-electron chi connectivity index (χ2n) is 3.95. The molecular weight excluding hydrogens is 202 g/mol. The summed E-state index contributed by atoms with van der Waals surface area (Å²) in [5.74, 6) is -0.735. The maximum absolute atomic E-state index is 10.6. The minimum absolute atomic E-state index is 0.0297. The summed E-state index contributed by atoms with van der Waals surface area (Å²) < 4.78 is 0. The van der Waals surface area contributed by atoms with Crippen LogP contribution in [0.15, 0.2) is 36.5 Å². The van der Waals surface area contributed by atoms with E-state index in [1.807, 2.05) is 37.3 Å². The van der Waals surface area contributed by atoms with Gasteiger partial charge in [0.05, 0.1) is 11.9 Å². The molecule has 1 unspecified atom stereocenters. The van der Waals surface area contributed by atoms with Gasteiger partial charge in [0.2, 0.25) is 0 Å². The topological polar surface area (TPSA) is 50.2 Å². The predicted molar refractivity (Wildman–Crippen MR) is 62.4 cm³/mol. The number of carboxylic acids is 1. The zero-order valence-corrected chi connectivity index (χ0v) is 9.05. The Bertz CT molecular complexity index is 522. The normalized spacial score (nSPS) is 12.6. The average Bonchev–Trinajstić information content (AvgIpc) is 2.27. The molecule has 2 rings (SSSR count). The molecule has 16 heavy (non-hydrogen) atoms. The fourth-order valence-corrected chi connectivity index (χ4v) is 1.78. The van der Waals surface area contributed by atoms with Gasteiger partial charge >= 0.3 is 5.97 Å². The van der Waals surface area contributed by atoms with Crippen LogP contribution in [-0.4, -0.2) is 16.1 Å². The van der Waals surface area contributed by atoms with Crippen LogP contribution in [0.1, 0.15) is 24.8 Å². The smallest absolute Gasteiger partial charge is 0.303 e. The Morgan fingerprint density at radius 2 is 2.25 bits per heavy atom. The van der Waals surface area contributed by atoms with Gasteiger partial charge in [-0.3, -0.25) is 9.78 Å². The highest BCUT2D eigenvalue weighted by Crippen LogP contribution is 2.22. The van der Waals surface area contributed by atoms with Crippen LogP contribution in [-0.2, 0) is 4.79 Å². The van der Waals surface area contributed by atoms with Crippen molar-refractivity contribution in [3.63, 3.8) is 0 Å². The van der Waals surface area contributed by atoms with Crippen molar-refractivity contribution < 1.29 is 9.90 Å². The molecule has 1 N–H and O–H groups in total. The summed E-state index contributed by atoms with van der Waals surface area (Å²) in [4.78, 5) is 14.9. The fraction of sp³-hybridized carbons (Fsp3) is 0.231. The van der Waals surface area contributed by atoms with E-state index in [0.29, 0.717) is 0 Å². The molecule has 1 aromatic heterocycles. The lowest BCUT2D eigenvalue weighted by Crippen LogP contribution is -2.02. The second kappa shape index (κ2) is 4.31.